The van der Waals surface area contributed by atoms with E-state index in [-0.39, 0.29) is 16.8 Å². The Morgan fingerprint density at radius 1 is 1.44 bits per heavy atom. The summed E-state index contributed by atoms with van der Waals surface area (Å²) in [5.41, 5.74) is 1.22. The van der Waals surface area contributed by atoms with Crippen LogP contribution in [0.3, 0.4) is 0 Å². The van der Waals surface area contributed by atoms with E-state index >= 15 is 0 Å². The van der Waals surface area contributed by atoms with Gasteiger partial charge in [0.15, 0.2) is 0 Å². The third-order valence-corrected chi connectivity index (χ3v) is 5.19. The molecule has 2 atom stereocenters. The highest BCUT2D eigenvalue weighted by Crippen LogP contribution is 2.51. The van der Waals surface area contributed by atoms with E-state index in [1.165, 1.54) is 0 Å². The van der Waals surface area contributed by atoms with Crippen molar-refractivity contribution in [2.45, 2.75) is 25.3 Å². The summed E-state index contributed by atoms with van der Waals surface area (Å²) in [6, 6.07) is 5.19. The summed E-state index contributed by atoms with van der Waals surface area (Å²) in [5, 5.41) is 0.175. The van der Waals surface area contributed by atoms with Gasteiger partial charge >= 0.3 is 0 Å². The van der Waals surface area contributed by atoms with Crippen LogP contribution >= 0.6 is 35.0 Å². The zero-order valence-electron chi connectivity index (χ0n) is 10.6. The first-order valence-corrected chi connectivity index (χ1v) is 7.99. The number of alkyl halides is 1. The molecule has 1 aromatic carbocycles. The second-order valence-electron chi connectivity index (χ2n) is 5.27. The number of halogens is 2. The molecule has 5 heteroatoms. The van der Waals surface area contributed by atoms with Crippen LogP contribution in [0.2, 0.25) is 5.02 Å². The minimum atomic E-state index is -0.307. The summed E-state index contributed by atoms with van der Waals surface area (Å²) in [4.78, 5) is 12.5. The van der Waals surface area contributed by atoms with Gasteiger partial charge in [-0.05, 0) is 12.3 Å². The lowest BCUT2D eigenvalue weighted by Gasteiger charge is -2.25. The Labute approximate surface area is 122 Å². The van der Waals surface area contributed by atoms with Gasteiger partial charge in [-0.15, -0.1) is 11.6 Å². The number of rotatable bonds is 3. The molecule has 0 N–H and O–H groups in total. The second kappa shape index (κ2) is 5.03. The number of nitrogens with zero attached hydrogens (tertiary/aromatic N) is 1. The van der Waals surface area contributed by atoms with Gasteiger partial charge in [0.1, 0.15) is 10.4 Å². The van der Waals surface area contributed by atoms with Gasteiger partial charge in [-0.25, -0.2) is 0 Å². The van der Waals surface area contributed by atoms with Gasteiger partial charge in [0, 0.05) is 20.8 Å². The normalized spacial score (nSPS) is 23.3. The standard InChI is InChI=1S/C13H16Cl2NOS/c1-13(2,7-18-3)12-10(15)8-5-4-6-9(14)11(8)16(12)17/h4-6,10,12H,7H2,1-3H3/q+1. The van der Waals surface area contributed by atoms with E-state index in [0.29, 0.717) is 10.7 Å². The second-order valence-corrected chi connectivity index (χ2v) is 7.02. The summed E-state index contributed by atoms with van der Waals surface area (Å²) in [6.07, 6.45) is 2.04. The van der Waals surface area contributed by atoms with Crippen molar-refractivity contribution in [2.24, 2.45) is 5.41 Å². The molecular formula is C13H16Cl2NOS+. The zero-order valence-corrected chi connectivity index (χ0v) is 12.9. The largest absolute Gasteiger partial charge is 0.279 e. The van der Waals surface area contributed by atoms with Crippen LogP contribution in [0, 0.1) is 10.3 Å². The third-order valence-electron chi connectivity index (χ3n) is 3.38. The van der Waals surface area contributed by atoms with Crippen LogP contribution in [0.5, 0.6) is 0 Å². The van der Waals surface area contributed by atoms with Crippen molar-refractivity contribution in [3.63, 3.8) is 0 Å². The van der Waals surface area contributed by atoms with Gasteiger partial charge in [-0.3, -0.25) is 0 Å². The maximum atomic E-state index is 12.5. The predicted octanol–water partition coefficient (Wildman–Crippen LogP) is 4.80. The van der Waals surface area contributed by atoms with Crippen LogP contribution in [0.4, 0.5) is 5.69 Å². The van der Waals surface area contributed by atoms with Crippen molar-refractivity contribution in [1.82, 2.24) is 0 Å². The first-order valence-electron chi connectivity index (χ1n) is 5.78. The highest BCUT2D eigenvalue weighted by atomic mass is 35.5. The summed E-state index contributed by atoms with van der Waals surface area (Å²) < 4.78 is 1.01. The minimum Gasteiger partial charge on any atom is -0.165 e. The van der Waals surface area contributed by atoms with E-state index in [2.05, 4.69) is 13.8 Å². The van der Waals surface area contributed by atoms with Crippen molar-refractivity contribution in [3.8, 4) is 0 Å². The van der Waals surface area contributed by atoms with Crippen LogP contribution in [0.25, 0.3) is 0 Å². The van der Waals surface area contributed by atoms with Gasteiger partial charge in [-0.2, -0.15) is 11.8 Å². The smallest absolute Gasteiger partial charge is 0.165 e. The molecule has 1 aromatic rings. The van der Waals surface area contributed by atoms with E-state index in [9.17, 15) is 4.91 Å². The van der Waals surface area contributed by atoms with Crippen molar-refractivity contribution < 1.29 is 4.76 Å². The Morgan fingerprint density at radius 3 is 2.67 bits per heavy atom. The lowest BCUT2D eigenvalue weighted by atomic mass is 9.84. The maximum absolute atomic E-state index is 12.5. The Bertz CT molecular complexity index is 490. The molecule has 0 amide bonds. The van der Waals surface area contributed by atoms with Crippen molar-refractivity contribution >= 4 is 40.7 Å². The third kappa shape index (κ3) is 2.17. The van der Waals surface area contributed by atoms with Crippen molar-refractivity contribution in [1.29, 1.82) is 0 Å². The molecule has 1 aliphatic heterocycles. The monoisotopic (exact) mass is 304 g/mol. The van der Waals surface area contributed by atoms with E-state index < -0.39 is 0 Å². The van der Waals surface area contributed by atoms with Crippen LogP contribution < -0.4 is 0 Å². The average Bonchev–Trinajstić information content (AvgIpc) is 2.53. The summed E-state index contributed by atoms with van der Waals surface area (Å²) in [6.45, 7) is 4.16. The van der Waals surface area contributed by atoms with Crippen molar-refractivity contribution in [2.75, 3.05) is 12.0 Å². The van der Waals surface area contributed by atoms with Crippen LogP contribution in [-0.2, 0) is 0 Å². The molecule has 0 spiro atoms. The first kappa shape index (κ1) is 14.2. The molecule has 0 aliphatic carbocycles. The van der Waals surface area contributed by atoms with E-state index in [0.717, 1.165) is 16.1 Å². The van der Waals surface area contributed by atoms with Gasteiger partial charge in [0.25, 0.3) is 5.69 Å². The Kier molecular flexibility index (Phi) is 3.96. The average molecular weight is 305 g/mol. The fourth-order valence-electron chi connectivity index (χ4n) is 2.59. The molecule has 0 radical (unpaired) electrons. The number of para-hydroxylation sites is 1. The van der Waals surface area contributed by atoms with Crippen LogP contribution in [-0.4, -0.2) is 22.8 Å². The van der Waals surface area contributed by atoms with Gasteiger partial charge < -0.3 is 0 Å². The molecule has 0 aromatic heterocycles. The van der Waals surface area contributed by atoms with Crippen LogP contribution in [0.1, 0.15) is 24.8 Å². The molecule has 1 aliphatic rings. The lowest BCUT2D eigenvalue weighted by Crippen LogP contribution is -2.38. The Balaban J connectivity index is 2.46. The molecule has 0 saturated carbocycles. The number of fused-ring (bicyclic) bond motifs is 1. The van der Waals surface area contributed by atoms with E-state index in [4.69, 9.17) is 23.2 Å². The highest BCUT2D eigenvalue weighted by molar-refractivity contribution is 7.98. The van der Waals surface area contributed by atoms with E-state index in [1.807, 2.05) is 18.4 Å². The molecule has 0 bridgehead atoms. The molecular weight excluding hydrogens is 289 g/mol. The molecule has 98 valence electrons. The predicted molar refractivity (Wildman–Crippen MR) is 79.3 cm³/mol. The molecule has 2 nitrogen and oxygen atoms in total. The summed E-state index contributed by atoms with van der Waals surface area (Å²) in [5.74, 6) is 0.880. The molecule has 0 saturated heterocycles. The SMILES string of the molecule is CSCC(C)(C)C1C(Cl)c2cccc(Cl)c2[N+]1=O. The topological polar surface area (TPSA) is 20.1 Å². The Hall–Kier alpha value is -0.250. The first-order chi connectivity index (χ1) is 8.40. The number of hydrogen-bond donors (Lipinski definition) is 0. The fourth-order valence-corrected chi connectivity index (χ4v) is 4.39. The van der Waals surface area contributed by atoms with E-state index in [1.54, 1.807) is 17.8 Å². The summed E-state index contributed by atoms with van der Waals surface area (Å²) in [7, 11) is 0. The van der Waals surface area contributed by atoms with Gasteiger partial charge in [0.05, 0.1) is 5.56 Å². The highest BCUT2D eigenvalue weighted by Gasteiger charge is 2.55. The number of hydrogen-bond acceptors (Lipinski definition) is 2. The molecule has 2 unspecified atom stereocenters. The molecule has 0 fully saturated rings. The number of nitroso groups, excluding NO2 is 1. The van der Waals surface area contributed by atoms with Gasteiger partial charge in [0.2, 0.25) is 6.04 Å². The van der Waals surface area contributed by atoms with Crippen molar-refractivity contribution in [3.05, 3.63) is 33.7 Å². The maximum Gasteiger partial charge on any atom is 0.279 e. The van der Waals surface area contributed by atoms with Crippen LogP contribution in [0.15, 0.2) is 18.2 Å². The fraction of sp³-hybridized carbons (Fsp3) is 0.538. The quantitative estimate of drug-likeness (QED) is 0.590. The number of thioether (sulfide) groups is 1. The summed E-state index contributed by atoms with van der Waals surface area (Å²) >= 11 is 14.3. The van der Waals surface area contributed by atoms with Gasteiger partial charge in [-0.1, -0.05) is 37.6 Å². The Morgan fingerprint density at radius 2 is 2.11 bits per heavy atom. The zero-order chi connectivity index (χ0) is 13.5. The minimum absolute atomic E-state index is 0.171. The lowest BCUT2D eigenvalue weighted by molar-refractivity contribution is -0.513. The molecule has 18 heavy (non-hydrogen) atoms. The molecule has 1 heterocycles. The molecule has 2 rings (SSSR count). The number of benzene rings is 1.